The molecule has 0 radical (unpaired) electrons. The van der Waals surface area contributed by atoms with Crippen molar-refractivity contribution in [3.63, 3.8) is 0 Å². The van der Waals surface area contributed by atoms with Crippen LogP contribution >= 0.6 is 0 Å². The quantitative estimate of drug-likeness (QED) is 0.774. The molecule has 1 aliphatic rings. The number of hydrogen-bond donors (Lipinski definition) is 1. The lowest BCUT2D eigenvalue weighted by molar-refractivity contribution is -0.116. The Morgan fingerprint density at radius 1 is 1.19 bits per heavy atom. The van der Waals surface area contributed by atoms with Crippen LogP contribution in [0.25, 0.3) is 0 Å². The van der Waals surface area contributed by atoms with Gasteiger partial charge in [-0.15, -0.1) is 0 Å². The number of hydrogen-bond acceptors (Lipinski definition) is 5. The fourth-order valence-corrected chi connectivity index (χ4v) is 4.22. The van der Waals surface area contributed by atoms with Crippen molar-refractivity contribution in [1.29, 1.82) is 0 Å². The minimum absolute atomic E-state index is 0.0124. The number of sulfonamides is 1. The monoisotopic (exact) mass is 373 g/mol. The van der Waals surface area contributed by atoms with E-state index in [1.165, 1.54) is 24.3 Å². The first-order valence-electron chi connectivity index (χ1n) is 8.30. The number of amides is 2. The van der Waals surface area contributed by atoms with Crippen LogP contribution in [0.1, 0.15) is 28.8 Å². The van der Waals surface area contributed by atoms with E-state index in [9.17, 15) is 18.0 Å². The van der Waals surface area contributed by atoms with Crippen molar-refractivity contribution in [1.82, 2.24) is 10.3 Å². The highest BCUT2D eigenvalue weighted by Gasteiger charge is 2.36. The van der Waals surface area contributed by atoms with Crippen molar-refractivity contribution >= 4 is 27.5 Å². The predicted molar refractivity (Wildman–Crippen MR) is 97.2 cm³/mol. The maximum atomic E-state index is 12.2. The minimum Gasteiger partial charge on any atom is -0.352 e. The summed E-state index contributed by atoms with van der Waals surface area (Å²) in [5.41, 5.74) is 1.79. The number of benzene rings is 1. The second kappa shape index (κ2) is 7.65. The van der Waals surface area contributed by atoms with Crippen LogP contribution in [-0.2, 0) is 21.2 Å². The molecule has 0 saturated carbocycles. The second-order valence-corrected chi connectivity index (χ2v) is 7.93. The number of pyridine rings is 1. The zero-order valence-electron chi connectivity index (χ0n) is 14.1. The van der Waals surface area contributed by atoms with Gasteiger partial charge >= 0.3 is 0 Å². The highest BCUT2D eigenvalue weighted by molar-refractivity contribution is 7.94. The van der Waals surface area contributed by atoms with Gasteiger partial charge in [-0.25, -0.2) is 12.7 Å². The summed E-state index contributed by atoms with van der Waals surface area (Å²) >= 11 is 0. The lowest BCUT2D eigenvalue weighted by Gasteiger charge is -2.15. The third kappa shape index (κ3) is 4.08. The summed E-state index contributed by atoms with van der Waals surface area (Å²) in [5, 5.41) is 2.83. The molecule has 136 valence electrons. The zero-order valence-corrected chi connectivity index (χ0v) is 14.9. The Morgan fingerprint density at radius 2 is 1.96 bits per heavy atom. The number of nitrogens with zero attached hydrogens (tertiary/aromatic N) is 2. The summed E-state index contributed by atoms with van der Waals surface area (Å²) in [6.07, 6.45) is 5.11. The Morgan fingerprint density at radius 3 is 2.58 bits per heavy atom. The van der Waals surface area contributed by atoms with Gasteiger partial charge in [-0.2, -0.15) is 0 Å². The van der Waals surface area contributed by atoms with Crippen molar-refractivity contribution in [3.05, 3.63) is 59.9 Å². The summed E-state index contributed by atoms with van der Waals surface area (Å²) in [4.78, 5) is 28.0. The molecule has 26 heavy (non-hydrogen) atoms. The van der Waals surface area contributed by atoms with Crippen LogP contribution in [0.2, 0.25) is 0 Å². The van der Waals surface area contributed by atoms with Crippen molar-refractivity contribution < 1.29 is 18.0 Å². The van der Waals surface area contributed by atoms with E-state index in [0.29, 0.717) is 12.1 Å². The van der Waals surface area contributed by atoms with Gasteiger partial charge in [-0.3, -0.25) is 14.6 Å². The number of rotatable bonds is 6. The first kappa shape index (κ1) is 18.1. The molecule has 1 N–H and O–H groups in total. The summed E-state index contributed by atoms with van der Waals surface area (Å²) in [7, 11) is -3.59. The van der Waals surface area contributed by atoms with E-state index >= 15 is 0 Å². The molecule has 1 saturated heterocycles. The van der Waals surface area contributed by atoms with Gasteiger partial charge in [0.25, 0.3) is 5.91 Å². The van der Waals surface area contributed by atoms with Crippen molar-refractivity contribution in [2.45, 2.75) is 19.3 Å². The number of aromatic nitrogens is 1. The summed E-state index contributed by atoms with van der Waals surface area (Å²) in [5.74, 6) is -0.860. The Balaban J connectivity index is 1.55. The van der Waals surface area contributed by atoms with Crippen LogP contribution in [0.15, 0.2) is 48.8 Å². The highest BCUT2D eigenvalue weighted by Crippen LogP contribution is 2.25. The SMILES string of the molecule is O=C(NCCCc1cccnc1)c1ccc(N2C(=O)CCS2(=O)=O)cc1. The molecular weight excluding hydrogens is 354 g/mol. The number of aryl methyl sites for hydroxylation is 1. The van der Waals surface area contributed by atoms with Gasteiger partial charge in [-0.1, -0.05) is 6.07 Å². The molecule has 0 atom stereocenters. The number of carbonyl (C=O) groups is 2. The van der Waals surface area contributed by atoms with E-state index in [4.69, 9.17) is 0 Å². The van der Waals surface area contributed by atoms with Crippen molar-refractivity contribution in [3.8, 4) is 0 Å². The first-order valence-corrected chi connectivity index (χ1v) is 9.91. The maximum Gasteiger partial charge on any atom is 0.251 e. The van der Waals surface area contributed by atoms with E-state index in [-0.39, 0.29) is 23.8 Å². The molecule has 1 fully saturated rings. The number of carbonyl (C=O) groups excluding carboxylic acids is 2. The normalized spacial score (nSPS) is 15.8. The molecule has 0 aliphatic carbocycles. The van der Waals surface area contributed by atoms with Gasteiger partial charge in [-0.05, 0) is 48.7 Å². The topological polar surface area (TPSA) is 96.4 Å². The molecule has 0 spiro atoms. The molecule has 0 unspecified atom stereocenters. The number of nitrogens with one attached hydrogen (secondary N) is 1. The molecule has 2 amide bonds. The van der Waals surface area contributed by atoms with Gasteiger partial charge in [0.1, 0.15) is 0 Å². The summed E-state index contributed by atoms with van der Waals surface area (Å²) in [6.45, 7) is 0.522. The van der Waals surface area contributed by atoms with Gasteiger partial charge < -0.3 is 5.32 Å². The lowest BCUT2D eigenvalue weighted by atomic mass is 10.1. The highest BCUT2D eigenvalue weighted by atomic mass is 32.2. The Hall–Kier alpha value is -2.74. The lowest BCUT2D eigenvalue weighted by Crippen LogP contribution is -2.29. The molecule has 3 rings (SSSR count). The molecule has 8 heteroatoms. The van der Waals surface area contributed by atoms with Crippen LogP contribution in [0.3, 0.4) is 0 Å². The molecule has 0 bridgehead atoms. The average molecular weight is 373 g/mol. The van der Waals surface area contributed by atoms with Crippen molar-refractivity contribution in [2.24, 2.45) is 0 Å². The molecule has 1 aromatic carbocycles. The fraction of sp³-hybridized carbons (Fsp3) is 0.278. The second-order valence-electron chi connectivity index (χ2n) is 5.99. The van der Waals surface area contributed by atoms with E-state index in [1.807, 2.05) is 12.1 Å². The van der Waals surface area contributed by atoms with Crippen LogP contribution < -0.4 is 9.62 Å². The molecular formula is C18H19N3O4S. The van der Waals surface area contributed by atoms with E-state index in [2.05, 4.69) is 10.3 Å². The van der Waals surface area contributed by atoms with Gasteiger partial charge in [0.05, 0.1) is 11.4 Å². The van der Waals surface area contributed by atoms with E-state index < -0.39 is 15.9 Å². The Bertz CT molecular complexity index is 896. The largest absolute Gasteiger partial charge is 0.352 e. The summed E-state index contributed by atoms with van der Waals surface area (Å²) < 4.78 is 24.6. The first-order chi connectivity index (χ1) is 12.5. The molecule has 1 aromatic heterocycles. The standard InChI is InChI=1S/C18H19N3O4S/c22-17-9-12-26(24,25)21(17)16-7-5-15(6-8-16)18(23)20-11-2-4-14-3-1-10-19-13-14/h1,3,5-8,10,13H,2,4,9,11-12H2,(H,20,23). The maximum absolute atomic E-state index is 12.2. The van der Waals surface area contributed by atoms with Gasteiger partial charge in [0.15, 0.2) is 0 Å². The predicted octanol–water partition coefficient (Wildman–Crippen LogP) is 1.51. The van der Waals surface area contributed by atoms with Crippen LogP contribution in [-0.4, -0.2) is 37.5 Å². The molecule has 2 heterocycles. The van der Waals surface area contributed by atoms with Crippen molar-refractivity contribution in [2.75, 3.05) is 16.6 Å². The van der Waals surface area contributed by atoms with E-state index in [1.54, 1.807) is 12.4 Å². The Labute approximate surface area is 152 Å². The fourth-order valence-electron chi connectivity index (χ4n) is 2.76. The van der Waals surface area contributed by atoms with Gasteiger partial charge in [0.2, 0.25) is 15.9 Å². The number of anilines is 1. The van der Waals surface area contributed by atoms with Crippen LogP contribution in [0.4, 0.5) is 5.69 Å². The molecule has 2 aromatic rings. The minimum atomic E-state index is -3.59. The molecule has 7 nitrogen and oxygen atoms in total. The van der Waals surface area contributed by atoms with Crippen LogP contribution in [0.5, 0.6) is 0 Å². The summed E-state index contributed by atoms with van der Waals surface area (Å²) in [6, 6.07) is 9.86. The third-order valence-corrected chi connectivity index (χ3v) is 5.78. The zero-order chi connectivity index (χ0) is 18.6. The van der Waals surface area contributed by atoms with Gasteiger partial charge in [0, 0.05) is 30.9 Å². The third-order valence-electron chi connectivity index (χ3n) is 4.09. The molecule has 1 aliphatic heterocycles. The smallest absolute Gasteiger partial charge is 0.251 e. The van der Waals surface area contributed by atoms with Crippen LogP contribution in [0, 0.1) is 0 Å². The average Bonchev–Trinajstić information content (AvgIpc) is 2.92. The van der Waals surface area contributed by atoms with E-state index in [0.717, 1.165) is 22.7 Å². The Kier molecular flexibility index (Phi) is 5.32.